The van der Waals surface area contributed by atoms with Crippen molar-refractivity contribution in [3.05, 3.63) is 18.2 Å². The number of rotatable bonds is 2. The summed E-state index contributed by atoms with van der Waals surface area (Å²) in [7, 11) is 0. The zero-order valence-electron chi connectivity index (χ0n) is 8.91. The summed E-state index contributed by atoms with van der Waals surface area (Å²) in [6.45, 7) is 9.38. The molecule has 0 aliphatic heterocycles. The third-order valence-electron chi connectivity index (χ3n) is 2.56. The SMILES string of the molecule is CC(n1cnc(CN)c1)C(C)(C)C. The van der Waals surface area contributed by atoms with Crippen molar-refractivity contribution in [2.75, 3.05) is 0 Å². The van der Waals surface area contributed by atoms with E-state index in [-0.39, 0.29) is 5.41 Å². The summed E-state index contributed by atoms with van der Waals surface area (Å²) in [5.74, 6) is 0. The molecule has 0 fully saturated rings. The van der Waals surface area contributed by atoms with Gasteiger partial charge in [0.25, 0.3) is 0 Å². The van der Waals surface area contributed by atoms with Gasteiger partial charge in [-0.25, -0.2) is 4.98 Å². The van der Waals surface area contributed by atoms with Crippen molar-refractivity contribution in [2.45, 2.75) is 40.3 Å². The molecule has 0 saturated carbocycles. The van der Waals surface area contributed by atoms with Gasteiger partial charge >= 0.3 is 0 Å². The van der Waals surface area contributed by atoms with Crippen LogP contribution in [0.1, 0.15) is 39.4 Å². The lowest BCUT2D eigenvalue weighted by molar-refractivity contribution is 0.262. The first-order chi connectivity index (χ1) is 5.95. The van der Waals surface area contributed by atoms with Crippen molar-refractivity contribution in [1.29, 1.82) is 0 Å². The summed E-state index contributed by atoms with van der Waals surface area (Å²) >= 11 is 0. The normalized spacial score (nSPS) is 14.5. The molecule has 0 aliphatic carbocycles. The molecule has 1 atom stereocenters. The van der Waals surface area contributed by atoms with Gasteiger partial charge in [0.05, 0.1) is 12.0 Å². The predicted molar refractivity (Wildman–Crippen MR) is 54.3 cm³/mol. The molecule has 1 heterocycles. The van der Waals surface area contributed by atoms with E-state index in [1.54, 1.807) is 0 Å². The van der Waals surface area contributed by atoms with Crippen molar-refractivity contribution in [3.63, 3.8) is 0 Å². The molecule has 0 amide bonds. The lowest BCUT2D eigenvalue weighted by atomic mass is 9.88. The Balaban J connectivity index is 2.83. The van der Waals surface area contributed by atoms with Gasteiger partial charge in [-0.3, -0.25) is 0 Å². The molecule has 2 N–H and O–H groups in total. The van der Waals surface area contributed by atoms with Crippen molar-refractivity contribution in [1.82, 2.24) is 9.55 Å². The smallest absolute Gasteiger partial charge is 0.0952 e. The van der Waals surface area contributed by atoms with Crippen LogP contribution in [0.3, 0.4) is 0 Å². The monoisotopic (exact) mass is 181 g/mol. The minimum Gasteiger partial charge on any atom is -0.334 e. The van der Waals surface area contributed by atoms with E-state index in [0.717, 1.165) is 5.69 Å². The number of aromatic nitrogens is 2. The van der Waals surface area contributed by atoms with Crippen LogP contribution in [0.4, 0.5) is 0 Å². The highest BCUT2D eigenvalue weighted by atomic mass is 15.1. The Kier molecular flexibility index (Phi) is 2.76. The van der Waals surface area contributed by atoms with Crippen LogP contribution in [0.15, 0.2) is 12.5 Å². The molecule has 1 aromatic rings. The maximum atomic E-state index is 5.50. The van der Waals surface area contributed by atoms with Gasteiger partial charge in [-0.05, 0) is 12.3 Å². The van der Waals surface area contributed by atoms with Crippen molar-refractivity contribution in [3.8, 4) is 0 Å². The highest BCUT2D eigenvalue weighted by Crippen LogP contribution is 2.29. The van der Waals surface area contributed by atoms with Gasteiger partial charge in [0.1, 0.15) is 0 Å². The van der Waals surface area contributed by atoms with E-state index in [4.69, 9.17) is 5.73 Å². The number of hydrogen-bond donors (Lipinski definition) is 1. The van der Waals surface area contributed by atoms with Crippen LogP contribution in [0.2, 0.25) is 0 Å². The van der Waals surface area contributed by atoms with E-state index in [2.05, 4.69) is 37.2 Å². The summed E-state index contributed by atoms with van der Waals surface area (Å²) < 4.78 is 2.13. The lowest BCUT2D eigenvalue weighted by Gasteiger charge is -2.28. The fourth-order valence-electron chi connectivity index (χ4n) is 1.14. The molecule has 0 saturated heterocycles. The Morgan fingerprint density at radius 3 is 2.54 bits per heavy atom. The van der Waals surface area contributed by atoms with Crippen molar-refractivity contribution < 1.29 is 0 Å². The number of nitrogens with two attached hydrogens (primary N) is 1. The van der Waals surface area contributed by atoms with E-state index < -0.39 is 0 Å². The summed E-state index contributed by atoms with van der Waals surface area (Å²) in [4.78, 5) is 4.21. The van der Waals surface area contributed by atoms with Crippen molar-refractivity contribution in [2.24, 2.45) is 11.1 Å². The maximum absolute atomic E-state index is 5.50. The summed E-state index contributed by atoms with van der Waals surface area (Å²) in [6, 6.07) is 0.445. The van der Waals surface area contributed by atoms with Gasteiger partial charge < -0.3 is 10.3 Å². The Morgan fingerprint density at radius 1 is 1.54 bits per heavy atom. The molecule has 1 unspecified atom stereocenters. The summed E-state index contributed by atoms with van der Waals surface area (Å²) in [5.41, 5.74) is 6.71. The number of hydrogen-bond acceptors (Lipinski definition) is 2. The molecule has 0 bridgehead atoms. The van der Waals surface area contributed by atoms with Gasteiger partial charge in [0, 0.05) is 18.8 Å². The second-order valence-electron chi connectivity index (χ2n) is 4.56. The molecule has 3 heteroatoms. The fourth-order valence-corrected chi connectivity index (χ4v) is 1.14. The average molecular weight is 181 g/mol. The quantitative estimate of drug-likeness (QED) is 0.757. The molecule has 74 valence electrons. The summed E-state index contributed by atoms with van der Waals surface area (Å²) in [5, 5.41) is 0. The molecule has 3 nitrogen and oxygen atoms in total. The van der Waals surface area contributed by atoms with E-state index in [9.17, 15) is 0 Å². The Bertz CT molecular complexity index is 270. The fraction of sp³-hybridized carbons (Fsp3) is 0.700. The van der Waals surface area contributed by atoms with Crippen LogP contribution in [-0.4, -0.2) is 9.55 Å². The second kappa shape index (κ2) is 3.50. The van der Waals surface area contributed by atoms with Crippen molar-refractivity contribution >= 4 is 0 Å². The first-order valence-corrected chi connectivity index (χ1v) is 4.67. The van der Waals surface area contributed by atoms with E-state index in [1.807, 2.05) is 12.5 Å². The molecule has 0 aliphatic rings. The average Bonchev–Trinajstić information content (AvgIpc) is 2.48. The molecule has 1 rings (SSSR count). The minimum atomic E-state index is 0.257. The highest BCUT2D eigenvalue weighted by molar-refractivity contribution is 4.98. The minimum absolute atomic E-state index is 0.257. The van der Waals surface area contributed by atoms with E-state index in [0.29, 0.717) is 12.6 Å². The van der Waals surface area contributed by atoms with E-state index in [1.165, 1.54) is 0 Å². The van der Waals surface area contributed by atoms with Crippen LogP contribution in [-0.2, 0) is 6.54 Å². The van der Waals surface area contributed by atoms with Crippen LogP contribution < -0.4 is 5.73 Å². The molecular formula is C10H19N3. The Hall–Kier alpha value is -0.830. The van der Waals surface area contributed by atoms with E-state index >= 15 is 0 Å². The van der Waals surface area contributed by atoms with Crippen LogP contribution in [0.5, 0.6) is 0 Å². The molecule has 0 spiro atoms. The predicted octanol–water partition coefficient (Wildman–Crippen LogP) is 1.95. The Labute approximate surface area is 80.0 Å². The molecule has 13 heavy (non-hydrogen) atoms. The number of nitrogens with zero attached hydrogens (tertiary/aromatic N) is 2. The molecule has 1 aromatic heterocycles. The van der Waals surface area contributed by atoms with Gasteiger partial charge in [-0.2, -0.15) is 0 Å². The van der Waals surface area contributed by atoms with Gasteiger partial charge in [0.15, 0.2) is 0 Å². The van der Waals surface area contributed by atoms with Gasteiger partial charge in [-0.1, -0.05) is 20.8 Å². The largest absolute Gasteiger partial charge is 0.334 e. The first-order valence-electron chi connectivity index (χ1n) is 4.67. The zero-order chi connectivity index (χ0) is 10.1. The summed E-state index contributed by atoms with van der Waals surface area (Å²) in [6.07, 6.45) is 3.88. The van der Waals surface area contributed by atoms with Gasteiger partial charge in [-0.15, -0.1) is 0 Å². The lowest BCUT2D eigenvalue weighted by Crippen LogP contribution is -2.20. The third-order valence-corrected chi connectivity index (χ3v) is 2.56. The van der Waals surface area contributed by atoms with Gasteiger partial charge in [0.2, 0.25) is 0 Å². The Morgan fingerprint density at radius 2 is 2.15 bits per heavy atom. The van der Waals surface area contributed by atoms with Crippen LogP contribution in [0, 0.1) is 5.41 Å². The van der Waals surface area contributed by atoms with Crippen LogP contribution >= 0.6 is 0 Å². The molecule has 0 radical (unpaired) electrons. The molecule has 0 aromatic carbocycles. The van der Waals surface area contributed by atoms with Crippen LogP contribution in [0.25, 0.3) is 0 Å². The second-order valence-corrected chi connectivity index (χ2v) is 4.56. The highest BCUT2D eigenvalue weighted by Gasteiger charge is 2.21. The topological polar surface area (TPSA) is 43.8 Å². The third kappa shape index (κ3) is 2.31. The zero-order valence-corrected chi connectivity index (χ0v) is 8.91. The number of imidazole rings is 1. The maximum Gasteiger partial charge on any atom is 0.0952 e. The standard InChI is InChI=1S/C10H19N3/c1-8(10(2,3)4)13-6-9(5-11)12-7-13/h6-8H,5,11H2,1-4H3. The molecular weight excluding hydrogens is 162 g/mol. The first kappa shape index (κ1) is 10.3.